The summed E-state index contributed by atoms with van der Waals surface area (Å²) in [5.74, 6) is -0.263. The molecule has 1 N–H and O–H groups in total. The highest BCUT2D eigenvalue weighted by molar-refractivity contribution is 6.30. The number of carbonyl (C=O) groups is 2. The summed E-state index contributed by atoms with van der Waals surface area (Å²) in [7, 11) is 0. The topological polar surface area (TPSA) is 49.4 Å². The van der Waals surface area contributed by atoms with Gasteiger partial charge in [0.25, 0.3) is 0 Å². The van der Waals surface area contributed by atoms with Crippen LogP contribution in [0.2, 0.25) is 5.02 Å². The first-order valence-corrected chi connectivity index (χ1v) is 9.24. The van der Waals surface area contributed by atoms with Gasteiger partial charge in [0.05, 0.1) is 5.92 Å². The van der Waals surface area contributed by atoms with Gasteiger partial charge in [-0.25, -0.2) is 0 Å². The molecule has 4 nitrogen and oxygen atoms in total. The molecule has 1 atom stereocenters. The van der Waals surface area contributed by atoms with Gasteiger partial charge in [-0.3, -0.25) is 9.59 Å². The van der Waals surface area contributed by atoms with Gasteiger partial charge in [-0.1, -0.05) is 53.6 Å². The highest BCUT2D eigenvalue weighted by atomic mass is 35.5. The number of hydrogen-bond donors (Lipinski definition) is 1. The van der Waals surface area contributed by atoms with Crippen LogP contribution in [0, 0.1) is 12.8 Å². The van der Waals surface area contributed by atoms with Crippen LogP contribution in [-0.4, -0.2) is 29.8 Å². The van der Waals surface area contributed by atoms with E-state index in [0.717, 1.165) is 17.5 Å². The average Bonchev–Trinajstić information content (AvgIpc) is 3.01. The molecule has 1 aliphatic rings. The molecule has 0 bridgehead atoms. The number of halogens is 1. The van der Waals surface area contributed by atoms with Gasteiger partial charge in [0.1, 0.15) is 0 Å². The van der Waals surface area contributed by atoms with E-state index >= 15 is 0 Å². The van der Waals surface area contributed by atoms with Gasteiger partial charge < -0.3 is 10.2 Å². The molecule has 26 heavy (non-hydrogen) atoms. The fourth-order valence-corrected chi connectivity index (χ4v) is 3.24. The maximum Gasteiger partial charge on any atom is 0.225 e. The molecule has 1 unspecified atom stereocenters. The van der Waals surface area contributed by atoms with Crippen molar-refractivity contribution in [2.45, 2.75) is 26.3 Å². The number of hydrogen-bond acceptors (Lipinski definition) is 2. The van der Waals surface area contributed by atoms with Crippen LogP contribution in [-0.2, 0) is 22.6 Å². The first-order chi connectivity index (χ1) is 12.5. The van der Waals surface area contributed by atoms with Crippen molar-refractivity contribution < 1.29 is 9.59 Å². The van der Waals surface area contributed by atoms with Crippen LogP contribution >= 0.6 is 11.6 Å². The minimum atomic E-state index is -0.266. The molecule has 2 aromatic carbocycles. The first kappa shape index (κ1) is 18.5. The monoisotopic (exact) mass is 370 g/mol. The van der Waals surface area contributed by atoms with Crippen molar-refractivity contribution in [2.75, 3.05) is 13.1 Å². The first-order valence-electron chi connectivity index (χ1n) is 8.87. The second-order valence-electron chi connectivity index (χ2n) is 6.82. The van der Waals surface area contributed by atoms with Crippen LogP contribution in [0.4, 0.5) is 0 Å². The zero-order chi connectivity index (χ0) is 18.5. The number of rotatable bonds is 6. The van der Waals surface area contributed by atoms with E-state index in [0.29, 0.717) is 31.1 Å². The van der Waals surface area contributed by atoms with E-state index in [9.17, 15) is 9.59 Å². The smallest absolute Gasteiger partial charge is 0.225 e. The lowest BCUT2D eigenvalue weighted by Gasteiger charge is -2.16. The Balaban J connectivity index is 1.47. The lowest BCUT2D eigenvalue weighted by atomic mass is 10.1. The predicted molar refractivity (Wildman–Crippen MR) is 103 cm³/mol. The molecule has 0 radical (unpaired) electrons. The molecule has 1 aliphatic heterocycles. The molecule has 0 aromatic heterocycles. The van der Waals surface area contributed by atoms with Gasteiger partial charge >= 0.3 is 0 Å². The third-order valence-electron chi connectivity index (χ3n) is 4.76. The Morgan fingerprint density at radius 1 is 1.12 bits per heavy atom. The van der Waals surface area contributed by atoms with E-state index in [1.807, 2.05) is 55.5 Å². The summed E-state index contributed by atoms with van der Waals surface area (Å²) in [6, 6.07) is 15.7. The third-order valence-corrected chi connectivity index (χ3v) is 5.01. The van der Waals surface area contributed by atoms with Crippen molar-refractivity contribution in [2.24, 2.45) is 5.92 Å². The Bertz CT molecular complexity index is 772. The minimum Gasteiger partial charge on any atom is -0.352 e. The second-order valence-corrected chi connectivity index (χ2v) is 7.26. The largest absolute Gasteiger partial charge is 0.352 e. The number of aryl methyl sites for hydroxylation is 1. The lowest BCUT2D eigenvalue weighted by molar-refractivity contribution is -0.129. The third kappa shape index (κ3) is 4.85. The van der Waals surface area contributed by atoms with Crippen molar-refractivity contribution in [1.82, 2.24) is 10.2 Å². The van der Waals surface area contributed by atoms with Crippen molar-refractivity contribution in [3.8, 4) is 0 Å². The summed E-state index contributed by atoms with van der Waals surface area (Å²) in [5, 5.41) is 3.65. The van der Waals surface area contributed by atoms with E-state index in [-0.39, 0.29) is 17.7 Å². The Hall–Kier alpha value is -2.33. The minimum absolute atomic E-state index is 0.0482. The van der Waals surface area contributed by atoms with Crippen molar-refractivity contribution in [1.29, 1.82) is 0 Å². The predicted octanol–water partition coefficient (Wildman–Crippen LogP) is 3.36. The molecular formula is C21H23ClN2O2. The molecule has 2 aromatic rings. The van der Waals surface area contributed by atoms with Gasteiger partial charge in [0.15, 0.2) is 0 Å². The molecule has 0 saturated carbocycles. The number of carbonyl (C=O) groups excluding carboxylic acids is 2. The summed E-state index contributed by atoms with van der Waals surface area (Å²) in [6.45, 7) is 3.65. The van der Waals surface area contributed by atoms with Gasteiger partial charge in [0.2, 0.25) is 11.8 Å². The molecule has 1 heterocycles. The van der Waals surface area contributed by atoms with Crippen LogP contribution in [0.15, 0.2) is 48.5 Å². The summed E-state index contributed by atoms with van der Waals surface area (Å²) in [4.78, 5) is 26.4. The average molecular weight is 371 g/mol. The molecule has 3 rings (SSSR count). The fraction of sp³-hybridized carbons (Fsp3) is 0.333. The molecule has 0 aliphatic carbocycles. The summed E-state index contributed by atoms with van der Waals surface area (Å²) in [5.41, 5.74) is 3.39. The fourth-order valence-electron chi connectivity index (χ4n) is 3.12. The van der Waals surface area contributed by atoms with Crippen LogP contribution in [0.25, 0.3) is 0 Å². The Kier molecular flexibility index (Phi) is 5.94. The molecular weight excluding hydrogens is 348 g/mol. The molecule has 0 spiro atoms. The molecule has 5 heteroatoms. The van der Waals surface area contributed by atoms with Crippen molar-refractivity contribution >= 4 is 23.4 Å². The zero-order valence-corrected chi connectivity index (χ0v) is 15.6. The SMILES string of the molecule is Cc1ccc(CNC(=O)C2CC(=O)N(CCc3ccc(Cl)cc3)C2)cc1. The summed E-state index contributed by atoms with van der Waals surface area (Å²) < 4.78 is 0. The normalized spacial score (nSPS) is 16.8. The Morgan fingerprint density at radius 2 is 1.77 bits per heavy atom. The highest BCUT2D eigenvalue weighted by Crippen LogP contribution is 2.19. The van der Waals surface area contributed by atoms with E-state index in [4.69, 9.17) is 11.6 Å². The number of amides is 2. The van der Waals surface area contributed by atoms with Crippen LogP contribution < -0.4 is 5.32 Å². The van der Waals surface area contributed by atoms with E-state index < -0.39 is 0 Å². The number of likely N-dealkylation sites (tertiary alicyclic amines) is 1. The Morgan fingerprint density at radius 3 is 2.46 bits per heavy atom. The van der Waals surface area contributed by atoms with Gasteiger partial charge in [-0.2, -0.15) is 0 Å². The van der Waals surface area contributed by atoms with E-state index in [1.165, 1.54) is 5.56 Å². The van der Waals surface area contributed by atoms with Crippen LogP contribution in [0.1, 0.15) is 23.1 Å². The number of nitrogens with one attached hydrogen (secondary N) is 1. The van der Waals surface area contributed by atoms with E-state index in [2.05, 4.69) is 5.32 Å². The van der Waals surface area contributed by atoms with Crippen LogP contribution in [0.3, 0.4) is 0 Å². The highest BCUT2D eigenvalue weighted by Gasteiger charge is 2.33. The molecule has 1 fully saturated rings. The standard InChI is InChI=1S/C21H23ClN2O2/c1-15-2-4-17(5-3-15)13-23-21(26)18-12-20(25)24(14-18)11-10-16-6-8-19(22)9-7-16/h2-9,18H,10-14H2,1H3,(H,23,26). The van der Waals surface area contributed by atoms with Gasteiger partial charge in [-0.05, 0) is 36.6 Å². The second kappa shape index (κ2) is 8.37. The maximum atomic E-state index is 12.4. The molecule has 1 saturated heterocycles. The quantitative estimate of drug-likeness (QED) is 0.847. The van der Waals surface area contributed by atoms with Gasteiger partial charge in [-0.15, -0.1) is 0 Å². The number of nitrogens with zero attached hydrogens (tertiary/aromatic N) is 1. The molecule has 136 valence electrons. The zero-order valence-electron chi connectivity index (χ0n) is 14.9. The van der Waals surface area contributed by atoms with Crippen LogP contribution in [0.5, 0.6) is 0 Å². The number of benzene rings is 2. The maximum absolute atomic E-state index is 12.4. The lowest BCUT2D eigenvalue weighted by Crippen LogP contribution is -2.33. The van der Waals surface area contributed by atoms with Crippen molar-refractivity contribution in [3.05, 3.63) is 70.2 Å². The summed E-state index contributed by atoms with van der Waals surface area (Å²) >= 11 is 5.89. The Labute approximate surface area is 159 Å². The van der Waals surface area contributed by atoms with Gasteiger partial charge in [0, 0.05) is 31.1 Å². The van der Waals surface area contributed by atoms with Crippen molar-refractivity contribution in [3.63, 3.8) is 0 Å². The van der Waals surface area contributed by atoms with E-state index in [1.54, 1.807) is 4.90 Å². The molecule has 2 amide bonds. The summed E-state index contributed by atoms with van der Waals surface area (Å²) in [6.07, 6.45) is 1.06.